The third-order valence-electron chi connectivity index (χ3n) is 5.90. The van der Waals surface area contributed by atoms with Gasteiger partial charge in [0.05, 0.1) is 11.0 Å². The van der Waals surface area contributed by atoms with Crippen molar-refractivity contribution in [2.45, 2.75) is 40.8 Å². The molecule has 34 heavy (non-hydrogen) atoms. The van der Waals surface area contributed by atoms with Crippen molar-refractivity contribution in [3.05, 3.63) is 91.5 Å². The minimum atomic E-state index is -1.02. The lowest BCUT2D eigenvalue weighted by atomic mass is 10.0. The highest BCUT2D eigenvalue weighted by molar-refractivity contribution is 5.85. The molecular weight excluding hydrogens is 436 g/mol. The Morgan fingerprint density at radius 3 is 1.79 bits per heavy atom. The van der Waals surface area contributed by atoms with Crippen molar-refractivity contribution in [3.8, 4) is 0 Å². The van der Waals surface area contributed by atoms with E-state index in [1.165, 1.54) is 21.3 Å². The molecule has 4 rings (SSSR count). The quantitative estimate of drug-likeness (QED) is 0.480. The van der Waals surface area contributed by atoms with Crippen LogP contribution in [-0.4, -0.2) is 31.3 Å². The molecule has 2 aromatic heterocycles. The van der Waals surface area contributed by atoms with Gasteiger partial charge in [0.15, 0.2) is 0 Å². The standard InChI is InChI=1S/2C13H13NO3/c1-8-3-5-11-10(9(8)2)4-6-12(15)14(11)7-13(16)17;1-8-5-10-3-4-12(15)14(7-13(16)17)11(10)6-9(8)2/h2*3-6H,7H2,1-2H3,(H,16,17). The topological polar surface area (TPSA) is 119 Å². The molecule has 0 aliphatic rings. The van der Waals surface area contributed by atoms with E-state index in [9.17, 15) is 19.2 Å². The summed E-state index contributed by atoms with van der Waals surface area (Å²) >= 11 is 0. The highest BCUT2D eigenvalue weighted by atomic mass is 16.4. The minimum absolute atomic E-state index is 0.289. The van der Waals surface area contributed by atoms with Crippen LogP contribution in [-0.2, 0) is 22.7 Å². The number of carbonyl (C=O) groups is 2. The van der Waals surface area contributed by atoms with Gasteiger partial charge in [0, 0.05) is 17.5 Å². The van der Waals surface area contributed by atoms with Gasteiger partial charge in [-0.2, -0.15) is 0 Å². The third kappa shape index (κ3) is 5.06. The highest BCUT2D eigenvalue weighted by Gasteiger charge is 2.09. The SMILES string of the molecule is Cc1cc2ccc(=O)n(CC(=O)O)c2cc1C.Cc1ccc2c(ccc(=O)n2CC(=O)O)c1C. The van der Waals surface area contributed by atoms with E-state index >= 15 is 0 Å². The van der Waals surface area contributed by atoms with Gasteiger partial charge in [0.25, 0.3) is 11.1 Å². The van der Waals surface area contributed by atoms with E-state index in [2.05, 4.69) is 0 Å². The highest BCUT2D eigenvalue weighted by Crippen LogP contribution is 2.20. The molecule has 2 heterocycles. The average Bonchev–Trinajstić information content (AvgIpc) is 2.76. The van der Waals surface area contributed by atoms with Crippen LogP contribution in [0.2, 0.25) is 0 Å². The minimum Gasteiger partial charge on any atom is -0.480 e. The largest absolute Gasteiger partial charge is 0.480 e. The smallest absolute Gasteiger partial charge is 0.323 e. The molecule has 4 aromatic rings. The van der Waals surface area contributed by atoms with Crippen LogP contribution in [0.5, 0.6) is 0 Å². The summed E-state index contributed by atoms with van der Waals surface area (Å²) in [7, 11) is 0. The van der Waals surface area contributed by atoms with E-state index in [0.29, 0.717) is 11.0 Å². The number of nitrogens with zero attached hydrogens (tertiary/aromatic N) is 2. The lowest BCUT2D eigenvalue weighted by Gasteiger charge is -2.10. The summed E-state index contributed by atoms with van der Waals surface area (Å²) in [5, 5.41) is 19.4. The van der Waals surface area contributed by atoms with Gasteiger partial charge in [-0.3, -0.25) is 28.3 Å². The van der Waals surface area contributed by atoms with Crippen molar-refractivity contribution in [1.29, 1.82) is 0 Å². The summed E-state index contributed by atoms with van der Waals surface area (Å²) in [5.41, 5.74) is 5.12. The summed E-state index contributed by atoms with van der Waals surface area (Å²) in [6, 6.07) is 13.8. The van der Waals surface area contributed by atoms with E-state index in [0.717, 1.165) is 33.0 Å². The molecule has 2 aromatic carbocycles. The molecule has 0 radical (unpaired) electrons. The van der Waals surface area contributed by atoms with Crippen molar-refractivity contribution >= 4 is 33.7 Å². The Kier molecular flexibility index (Phi) is 7.00. The number of carboxylic acid groups (broad SMARTS) is 2. The van der Waals surface area contributed by atoms with Gasteiger partial charge in [-0.1, -0.05) is 6.07 Å². The zero-order valence-electron chi connectivity index (χ0n) is 19.5. The van der Waals surface area contributed by atoms with Crippen molar-refractivity contribution < 1.29 is 19.8 Å². The molecule has 8 heteroatoms. The first-order valence-electron chi connectivity index (χ1n) is 10.6. The molecule has 8 nitrogen and oxygen atoms in total. The van der Waals surface area contributed by atoms with E-state index in [4.69, 9.17) is 10.2 Å². The number of aryl methyl sites for hydroxylation is 4. The number of aliphatic carboxylic acids is 2. The normalized spacial score (nSPS) is 10.7. The van der Waals surface area contributed by atoms with Crippen LogP contribution < -0.4 is 11.1 Å². The Hall–Kier alpha value is -4.20. The number of aromatic nitrogens is 2. The summed E-state index contributed by atoms with van der Waals surface area (Å²) in [6.45, 7) is 7.27. The fraction of sp³-hybridized carbons (Fsp3) is 0.231. The predicted molar refractivity (Wildman–Crippen MR) is 131 cm³/mol. The Morgan fingerprint density at radius 1 is 0.676 bits per heavy atom. The van der Waals surface area contributed by atoms with Crippen LogP contribution in [0.4, 0.5) is 0 Å². The summed E-state index contributed by atoms with van der Waals surface area (Å²) < 4.78 is 2.56. The second-order valence-corrected chi connectivity index (χ2v) is 8.24. The number of pyridine rings is 2. The maximum Gasteiger partial charge on any atom is 0.323 e. The first-order chi connectivity index (χ1) is 16.0. The van der Waals surface area contributed by atoms with Crippen LogP contribution in [0, 0.1) is 27.7 Å². The lowest BCUT2D eigenvalue weighted by molar-refractivity contribution is -0.138. The molecule has 0 fully saturated rings. The first-order valence-corrected chi connectivity index (χ1v) is 10.6. The van der Waals surface area contributed by atoms with Gasteiger partial charge >= 0.3 is 11.9 Å². The van der Waals surface area contributed by atoms with Gasteiger partial charge in [-0.05, 0) is 85.7 Å². The van der Waals surface area contributed by atoms with E-state index in [1.807, 2.05) is 45.9 Å². The molecule has 0 spiro atoms. The van der Waals surface area contributed by atoms with Gasteiger partial charge in [-0.25, -0.2) is 0 Å². The number of fused-ring (bicyclic) bond motifs is 2. The second-order valence-electron chi connectivity index (χ2n) is 8.24. The molecule has 0 aliphatic heterocycles. The van der Waals surface area contributed by atoms with Gasteiger partial charge in [-0.15, -0.1) is 0 Å². The van der Waals surface area contributed by atoms with E-state index < -0.39 is 11.9 Å². The van der Waals surface area contributed by atoms with Crippen LogP contribution in [0.15, 0.2) is 58.1 Å². The molecule has 0 bridgehead atoms. The second kappa shape index (κ2) is 9.74. The lowest BCUT2D eigenvalue weighted by Crippen LogP contribution is -2.23. The van der Waals surface area contributed by atoms with Crippen LogP contribution in [0.25, 0.3) is 21.8 Å². The molecule has 0 saturated heterocycles. The fourth-order valence-electron chi connectivity index (χ4n) is 3.79. The van der Waals surface area contributed by atoms with Gasteiger partial charge < -0.3 is 10.2 Å². The molecule has 176 valence electrons. The van der Waals surface area contributed by atoms with Gasteiger partial charge in [0.2, 0.25) is 0 Å². The number of rotatable bonds is 4. The Labute approximate surface area is 195 Å². The Bertz CT molecular complexity index is 1510. The zero-order valence-corrected chi connectivity index (χ0v) is 19.5. The summed E-state index contributed by atoms with van der Waals surface area (Å²) in [6.07, 6.45) is 0. The predicted octanol–water partition coefficient (Wildman–Crippen LogP) is 3.41. The summed E-state index contributed by atoms with van der Waals surface area (Å²) in [5.74, 6) is -2.03. The molecule has 0 saturated carbocycles. The monoisotopic (exact) mass is 462 g/mol. The summed E-state index contributed by atoms with van der Waals surface area (Å²) in [4.78, 5) is 44.8. The van der Waals surface area contributed by atoms with Crippen molar-refractivity contribution in [3.63, 3.8) is 0 Å². The van der Waals surface area contributed by atoms with Crippen molar-refractivity contribution in [2.75, 3.05) is 0 Å². The Morgan fingerprint density at radius 2 is 1.21 bits per heavy atom. The van der Waals surface area contributed by atoms with Crippen LogP contribution in [0.3, 0.4) is 0 Å². The zero-order chi connectivity index (χ0) is 25.2. The van der Waals surface area contributed by atoms with Crippen molar-refractivity contribution in [1.82, 2.24) is 9.13 Å². The molecule has 2 N–H and O–H groups in total. The number of hydrogen-bond acceptors (Lipinski definition) is 4. The van der Waals surface area contributed by atoms with Gasteiger partial charge in [0.1, 0.15) is 13.1 Å². The molecular formula is C26H26N2O6. The Balaban J connectivity index is 0.000000191. The van der Waals surface area contributed by atoms with Crippen LogP contribution in [0.1, 0.15) is 22.3 Å². The molecule has 0 aliphatic carbocycles. The average molecular weight is 463 g/mol. The molecule has 0 amide bonds. The molecule has 0 unspecified atom stereocenters. The van der Waals surface area contributed by atoms with Crippen LogP contribution >= 0.6 is 0 Å². The number of benzene rings is 2. The van der Waals surface area contributed by atoms with E-state index in [1.54, 1.807) is 18.2 Å². The van der Waals surface area contributed by atoms with Crippen molar-refractivity contribution in [2.24, 2.45) is 0 Å². The fourth-order valence-corrected chi connectivity index (χ4v) is 3.79. The maximum absolute atomic E-state index is 11.7. The third-order valence-corrected chi connectivity index (χ3v) is 5.90. The first kappa shape index (κ1) is 24.4. The molecule has 0 atom stereocenters. The maximum atomic E-state index is 11.7. The number of carboxylic acids is 2. The van der Waals surface area contributed by atoms with E-state index in [-0.39, 0.29) is 24.2 Å². The number of hydrogen-bond donors (Lipinski definition) is 2.